The second-order valence-electron chi connectivity index (χ2n) is 10.4. The van der Waals surface area contributed by atoms with Crippen molar-refractivity contribution in [2.75, 3.05) is 0 Å². The molecule has 2 aliphatic rings. The maximum Gasteiger partial charge on any atom is 0.425 e. The van der Waals surface area contributed by atoms with Gasteiger partial charge in [-0.15, -0.1) is 0 Å². The summed E-state index contributed by atoms with van der Waals surface area (Å²) < 4.78 is 51.2. The third-order valence-electron chi connectivity index (χ3n) is 7.31. The minimum atomic E-state index is -5.29. The molecule has 1 fully saturated rings. The number of amides is 2. The topological polar surface area (TPSA) is 75.7 Å². The van der Waals surface area contributed by atoms with Crippen molar-refractivity contribution in [2.45, 2.75) is 83.2 Å². The van der Waals surface area contributed by atoms with Crippen molar-refractivity contribution >= 4 is 17.6 Å². The molecule has 2 aromatic carbocycles. The number of allylic oxidation sites excluding steroid dienone is 1. The Labute approximate surface area is 226 Å². The highest BCUT2D eigenvalue weighted by Crippen LogP contribution is 2.47. The van der Waals surface area contributed by atoms with E-state index in [-0.39, 0.29) is 22.9 Å². The summed E-state index contributed by atoms with van der Waals surface area (Å²) in [6, 6.07) is 12.6. The quantitative estimate of drug-likeness (QED) is 0.333. The molecule has 0 spiro atoms. The Balaban J connectivity index is 1.82. The molecule has 1 saturated carbocycles. The molecule has 1 heterocycles. The van der Waals surface area contributed by atoms with Gasteiger partial charge in [-0.05, 0) is 57.9 Å². The lowest BCUT2D eigenvalue weighted by atomic mass is 9.84. The number of carbonyl (C=O) groups excluding carboxylic acids is 3. The fraction of sp³-hybridized carbons (Fsp3) is 0.433. The standard InChI is InChI=1S/C30H33F3N2O4/c1-19(2)39-24-17-15-22(16-18-24)27(37)34-29(30(31,32)33)25(26(36)21-11-7-6-8-12-21)20(3)35(28(29)38)23-13-9-4-5-10-14-23/h6-8,11-12,15-19,23H,4-5,9-10,13-14H2,1-3H3,(H,34,37). The molecule has 6 nitrogen and oxygen atoms in total. The van der Waals surface area contributed by atoms with Crippen LogP contribution < -0.4 is 10.1 Å². The zero-order valence-corrected chi connectivity index (χ0v) is 22.3. The first-order valence-corrected chi connectivity index (χ1v) is 13.3. The van der Waals surface area contributed by atoms with E-state index in [0.717, 1.165) is 30.6 Å². The number of rotatable bonds is 7. The molecule has 1 aliphatic heterocycles. The lowest BCUT2D eigenvalue weighted by Crippen LogP contribution is -2.66. The van der Waals surface area contributed by atoms with Crippen molar-refractivity contribution in [1.82, 2.24) is 10.2 Å². The van der Waals surface area contributed by atoms with Crippen LogP contribution in [0.3, 0.4) is 0 Å². The summed E-state index contributed by atoms with van der Waals surface area (Å²) in [5, 5.41) is 2.00. The fourth-order valence-electron chi connectivity index (χ4n) is 5.51. The van der Waals surface area contributed by atoms with E-state index in [1.807, 2.05) is 19.2 Å². The molecule has 1 unspecified atom stereocenters. The van der Waals surface area contributed by atoms with Crippen LogP contribution in [-0.4, -0.2) is 46.4 Å². The Morgan fingerprint density at radius 3 is 2.08 bits per heavy atom. The summed E-state index contributed by atoms with van der Waals surface area (Å²) in [6.45, 7) is 5.01. The third kappa shape index (κ3) is 5.44. The molecule has 0 bridgehead atoms. The second kappa shape index (κ2) is 11.2. The summed E-state index contributed by atoms with van der Waals surface area (Å²) in [6.07, 6.45) is -1.00. The van der Waals surface area contributed by atoms with Gasteiger partial charge in [-0.25, -0.2) is 0 Å². The third-order valence-corrected chi connectivity index (χ3v) is 7.31. The molecule has 0 radical (unpaired) electrons. The van der Waals surface area contributed by atoms with Crippen molar-refractivity contribution in [3.63, 3.8) is 0 Å². The predicted molar refractivity (Wildman–Crippen MR) is 140 cm³/mol. The van der Waals surface area contributed by atoms with Gasteiger partial charge in [0.1, 0.15) is 5.75 Å². The van der Waals surface area contributed by atoms with Crippen molar-refractivity contribution in [3.05, 3.63) is 77.0 Å². The van der Waals surface area contributed by atoms with Gasteiger partial charge in [-0.1, -0.05) is 56.0 Å². The molecule has 1 aliphatic carbocycles. The van der Waals surface area contributed by atoms with E-state index >= 15 is 13.2 Å². The van der Waals surface area contributed by atoms with E-state index in [1.54, 1.807) is 6.07 Å². The Morgan fingerprint density at radius 1 is 0.949 bits per heavy atom. The number of ether oxygens (including phenoxy) is 1. The summed E-state index contributed by atoms with van der Waals surface area (Å²) in [7, 11) is 0. The molecule has 208 valence electrons. The van der Waals surface area contributed by atoms with Gasteiger partial charge >= 0.3 is 6.18 Å². The number of nitrogens with zero attached hydrogens (tertiary/aromatic N) is 1. The first kappa shape index (κ1) is 28.4. The van der Waals surface area contributed by atoms with E-state index in [0.29, 0.717) is 18.6 Å². The highest BCUT2D eigenvalue weighted by atomic mass is 19.4. The Hall–Kier alpha value is -3.62. The minimum Gasteiger partial charge on any atom is -0.491 e. The number of nitrogens with one attached hydrogen (secondary N) is 1. The van der Waals surface area contributed by atoms with Crippen LogP contribution in [-0.2, 0) is 4.79 Å². The van der Waals surface area contributed by atoms with Gasteiger partial charge in [-0.2, -0.15) is 13.2 Å². The van der Waals surface area contributed by atoms with Crippen LogP contribution in [0.25, 0.3) is 0 Å². The van der Waals surface area contributed by atoms with Gasteiger partial charge in [0.15, 0.2) is 5.78 Å². The van der Waals surface area contributed by atoms with Crippen LogP contribution >= 0.6 is 0 Å². The van der Waals surface area contributed by atoms with Crippen molar-refractivity contribution < 1.29 is 32.3 Å². The molecule has 39 heavy (non-hydrogen) atoms. The number of carbonyl (C=O) groups is 3. The molecule has 2 amide bonds. The highest BCUT2D eigenvalue weighted by molar-refractivity contribution is 6.19. The SMILES string of the molecule is CC1=C(C(=O)c2ccccc2)C(NC(=O)c2ccc(OC(C)C)cc2)(C(F)(F)F)C(=O)N1C1CCCCCC1. The molecular formula is C30H33F3N2O4. The van der Waals surface area contributed by atoms with Gasteiger partial charge in [0.25, 0.3) is 11.8 Å². The summed E-state index contributed by atoms with van der Waals surface area (Å²) in [5.74, 6) is -2.97. The summed E-state index contributed by atoms with van der Waals surface area (Å²) in [5.41, 5.74) is -4.46. The normalized spacial score (nSPS) is 20.8. The fourth-order valence-corrected chi connectivity index (χ4v) is 5.51. The molecule has 4 rings (SSSR count). The van der Waals surface area contributed by atoms with E-state index in [2.05, 4.69) is 0 Å². The number of benzene rings is 2. The number of ketones is 1. The Kier molecular flexibility index (Phi) is 8.18. The minimum absolute atomic E-state index is 0.000396. The number of Topliss-reactive ketones (excluding diaryl/α,β-unsaturated/α-hetero) is 1. The number of hydrogen-bond donors (Lipinski definition) is 1. The lowest BCUT2D eigenvalue weighted by Gasteiger charge is -2.35. The van der Waals surface area contributed by atoms with Gasteiger partial charge in [0.2, 0.25) is 5.54 Å². The average molecular weight is 543 g/mol. The van der Waals surface area contributed by atoms with Crippen molar-refractivity contribution in [3.8, 4) is 5.75 Å². The molecule has 0 aromatic heterocycles. The maximum atomic E-state index is 15.2. The molecule has 2 aromatic rings. The first-order valence-electron chi connectivity index (χ1n) is 13.3. The van der Waals surface area contributed by atoms with Crippen LogP contribution in [0.1, 0.15) is 80.0 Å². The van der Waals surface area contributed by atoms with Crippen molar-refractivity contribution in [2.24, 2.45) is 0 Å². The number of alkyl halides is 3. The molecule has 1 N–H and O–H groups in total. The monoisotopic (exact) mass is 542 g/mol. The van der Waals surface area contributed by atoms with Crippen LogP contribution in [0.15, 0.2) is 65.9 Å². The molecule has 9 heteroatoms. The first-order chi connectivity index (χ1) is 18.5. The Bertz CT molecular complexity index is 1250. The summed E-state index contributed by atoms with van der Waals surface area (Å²) in [4.78, 5) is 42.1. The zero-order chi connectivity index (χ0) is 28.4. The van der Waals surface area contributed by atoms with Gasteiger partial charge in [0, 0.05) is 22.9 Å². The maximum absolute atomic E-state index is 15.2. The Morgan fingerprint density at radius 2 is 1.54 bits per heavy atom. The van der Waals surface area contributed by atoms with Crippen LogP contribution in [0.2, 0.25) is 0 Å². The van der Waals surface area contributed by atoms with Gasteiger partial charge in [0.05, 0.1) is 11.7 Å². The number of hydrogen-bond acceptors (Lipinski definition) is 4. The van der Waals surface area contributed by atoms with Gasteiger partial charge in [-0.3, -0.25) is 14.4 Å². The predicted octanol–water partition coefficient (Wildman–Crippen LogP) is 6.23. The summed E-state index contributed by atoms with van der Waals surface area (Å²) >= 11 is 0. The smallest absolute Gasteiger partial charge is 0.425 e. The van der Waals surface area contributed by atoms with Crippen LogP contribution in [0, 0.1) is 0 Å². The second-order valence-corrected chi connectivity index (χ2v) is 10.4. The van der Waals surface area contributed by atoms with E-state index in [4.69, 9.17) is 4.74 Å². The number of halogens is 3. The van der Waals surface area contributed by atoms with Gasteiger partial charge < -0.3 is 15.0 Å². The van der Waals surface area contributed by atoms with E-state index in [1.165, 1.54) is 55.5 Å². The molecule has 1 atom stereocenters. The lowest BCUT2D eigenvalue weighted by molar-refractivity contribution is -0.190. The largest absolute Gasteiger partial charge is 0.491 e. The van der Waals surface area contributed by atoms with E-state index < -0.39 is 40.9 Å². The zero-order valence-electron chi connectivity index (χ0n) is 22.3. The van der Waals surface area contributed by atoms with Crippen LogP contribution in [0.4, 0.5) is 13.2 Å². The molecule has 0 saturated heterocycles. The molecular weight excluding hydrogens is 509 g/mol. The average Bonchev–Trinajstić information content (AvgIpc) is 3.05. The van der Waals surface area contributed by atoms with Crippen molar-refractivity contribution in [1.29, 1.82) is 0 Å². The van der Waals surface area contributed by atoms with E-state index in [9.17, 15) is 14.4 Å². The highest BCUT2D eigenvalue weighted by Gasteiger charge is 2.70. The van der Waals surface area contributed by atoms with Crippen LogP contribution in [0.5, 0.6) is 5.75 Å².